The number of esters is 1. The van der Waals surface area contributed by atoms with Crippen molar-refractivity contribution in [2.45, 2.75) is 19.8 Å². The number of hydrogen-bond donors (Lipinski definition) is 1. The Morgan fingerprint density at radius 3 is 2.95 bits per heavy atom. The van der Waals surface area contributed by atoms with Crippen LogP contribution in [0.2, 0.25) is 5.02 Å². The van der Waals surface area contributed by atoms with Crippen LogP contribution >= 0.6 is 23.8 Å². The monoisotopic (exact) mass is 307 g/mol. The molecule has 0 aliphatic heterocycles. The summed E-state index contributed by atoms with van der Waals surface area (Å²) in [6.07, 6.45) is 2.29. The zero-order valence-electron chi connectivity index (χ0n) is 11.0. The molecular formula is C15H14ClNO2S. The molecule has 1 heterocycles. The van der Waals surface area contributed by atoms with Crippen LogP contribution < -0.4 is 0 Å². The lowest BCUT2D eigenvalue weighted by atomic mass is 10.0. The Balaban J connectivity index is 2.10. The molecular weight excluding hydrogens is 294 g/mol. The first-order valence-electron chi connectivity index (χ1n) is 6.55. The minimum Gasteiger partial charge on any atom is -0.462 e. The number of pyridine rings is 1. The van der Waals surface area contributed by atoms with Gasteiger partial charge in [-0.3, -0.25) is 0 Å². The van der Waals surface area contributed by atoms with Gasteiger partial charge in [0.25, 0.3) is 0 Å². The molecule has 0 amide bonds. The molecule has 3 nitrogen and oxygen atoms in total. The van der Waals surface area contributed by atoms with Crippen molar-refractivity contribution in [3.8, 4) is 0 Å². The van der Waals surface area contributed by atoms with Crippen LogP contribution in [0, 0.1) is 17.5 Å². The van der Waals surface area contributed by atoms with Crippen molar-refractivity contribution in [3.05, 3.63) is 39.0 Å². The van der Waals surface area contributed by atoms with Crippen molar-refractivity contribution in [1.29, 1.82) is 0 Å². The highest BCUT2D eigenvalue weighted by molar-refractivity contribution is 7.71. The minimum absolute atomic E-state index is 0.318. The summed E-state index contributed by atoms with van der Waals surface area (Å²) in [4.78, 5) is 15.5. The van der Waals surface area contributed by atoms with Crippen LogP contribution in [0.1, 0.15) is 28.8 Å². The van der Waals surface area contributed by atoms with Crippen LogP contribution in [-0.2, 0) is 4.74 Å². The third kappa shape index (κ3) is 2.58. The fourth-order valence-electron chi connectivity index (χ4n) is 2.18. The Morgan fingerprint density at radius 2 is 2.25 bits per heavy atom. The van der Waals surface area contributed by atoms with Gasteiger partial charge in [-0.15, -0.1) is 0 Å². The highest BCUT2D eigenvalue weighted by Gasteiger charge is 2.24. The largest absolute Gasteiger partial charge is 0.462 e. The van der Waals surface area contributed by atoms with Crippen LogP contribution in [-0.4, -0.2) is 17.6 Å². The number of carbonyl (C=O) groups excluding carboxylic acids is 1. The van der Waals surface area contributed by atoms with E-state index in [-0.39, 0.29) is 5.97 Å². The number of benzene rings is 1. The fourth-order valence-corrected chi connectivity index (χ4v) is 2.56. The van der Waals surface area contributed by atoms with E-state index in [1.807, 2.05) is 13.0 Å². The van der Waals surface area contributed by atoms with Gasteiger partial charge in [0, 0.05) is 15.9 Å². The summed E-state index contributed by atoms with van der Waals surface area (Å²) >= 11 is 11.3. The summed E-state index contributed by atoms with van der Waals surface area (Å²) in [6, 6.07) is 5.36. The number of aromatic amines is 1. The molecule has 0 bridgehead atoms. The Morgan fingerprint density at radius 1 is 1.50 bits per heavy atom. The lowest BCUT2D eigenvalue weighted by molar-refractivity contribution is 0.0487. The maximum absolute atomic E-state index is 12.3. The molecule has 0 saturated heterocycles. The Hall–Kier alpha value is -1.39. The topological polar surface area (TPSA) is 42.1 Å². The van der Waals surface area contributed by atoms with Gasteiger partial charge >= 0.3 is 5.97 Å². The Labute approximate surface area is 126 Å². The lowest BCUT2D eigenvalue weighted by Crippen LogP contribution is -2.11. The van der Waals surface area contributed by atoms with Gasteiger partial charge in [-0.05, 0) is 49.4 Å². The van der Waals surface area contributed by atoms with Crippen molar-refractivity contribution in [3.63, 3.8) is 0 Å². The number of aromatic nitrogens is 1. The zero-order valence-corrected chi connectivity index (χ0v) is 12.6. The third-order valence-corrected chi connectivity index (χ3v) is 4.21. The SMILES string of the molecule is Cc1c(C(=O)OCC2CC2)c2cc(Cl)ccc2[nH]c1=S. The summed E-state index contributed by atoms with van der Waals surface area (Å²) in [5.74, 6) is 0.217. The zero-order chi connectivity index (χ0) is 14.3. The summed E-state index contributed by atoms with van der Waals surface area (Å²) in [5, 5.41) is 1.34. The van der Waals surface area contributed by atoms with E-state index in [1.165, 1.54) is 0 Å². The summed E-state index contributed by atoms with van der Waals surface area (Å²) in [5.41, 5.74) is 2.05. The number of hydrogen-bond acceptors (Lipinski definition) is 3. The molecule has 1 aliphatic carbocycles. The number of H-pyrrole nitrogens is 1. The number of rotatable bonds is 3. The molecule has 3 rings (SSSR count). The normalized spacial score (nSPS) is 14.5. The van der Waals surface area contributed by atoms with E-state index in [9.17, 15) is 4.79 Å². The van der Waals surface area contributed by atoms with Crippen LogP contribution in [0.3, 0.4) is 0 Å². The lowest BCUT2D eigenvalue weighted by Gasteiger charge is -2.11. The molecule has 2 aromatic rings. The standard InChI is InChI=1S/C15H14ClNO2S/c1-8-13(15(18)19-7-9-2-3-9)11-6-10(16)4-5-12(11)17-14(8)20/h4-6,9H,2-3,7H2,1H3,(H,17,20). The average Bonchev–Trinajstić information content (AvgIpc) is 3.22. The van der Waals surface area contributed by atoms with Gasteiger partial charge in [-0.2, -0.15) is 0 Å². The first-order chi connectivity index (χ1) is 9.56. The molecule has 20 heavy (non-hydrogen) atoms. The highest BCUT2D eigenvalue weighted by Crippen LogP contribution is 2.30. The van der Waals surface area contributed by atoms with Gasteiger partial charge < -0.3 is 9.72 Å². The first kappa shape index (κ1) is 13.6. The third-order valence-electron chi connectivity index (χ3n) is 3.57. The Bertz CT molecular complexity index is 749. The van der Waals surface area contributed by atoms with Crippen molar-refractivity contribution in [2.75, 3.05) is 6.61 Å². The molecule has 0 atom stereocenters. The molecule has 0 unspecified atom stereocenters. The van der Waals surface area contributed by atoms with Gasteiger partial charge in [0.15, 0.2) is 0 Å². The maximum Gasteiger partial charge on any atom is 0.339 e. The van der Waals surface area contributed by atoms with Gasteiger partial charge in [0.05, 0.1) is 12.2 Å². The predicted octanol–water partition coefficient (Wildman–Crippen LogP) is 4.43. The molecule has 1 aliphatic rings. The van der Waals surface area contributed by atoms with E-state index < -0.39 is 0 Å². The molecule has 5 heteroatoms. The second-order valence-electron chi connectivity index (χ2n) is 5.19. The van der Waals surface area contributed by atoms with Crippen LogP contribution in [0.25, 0.3) is 10.9 Å². The van der Waals surface area contributed by atoms with E-state index >= 15 is 0 Å². The Kier molecular flexibility index (Phi) is 3.52. The van der Waals surface area contributed by atoms with E-state index in [0.717, 1.165) is 29.3 Å². The molecule has 1 fully saturated rings. The first-order valence-corrected chi connectivity index (χ1v) is 7.34. The molecule has 104 valence electrons. The summed E-state index contributed by atoms with van der Waals surface area (Å²) in [7, 11) is 0. The number of halogens is 1. The van der Waals surface area contributed by atoms with E-state index in [4.69, 9.17) is 28.6 Å². The van der Waals surface area contributed by atoms with E-state index in [0.29, 0.717) is 27.8 Å². The number of carbonyl (C=O) groups is 1. The van der Waals surface area contributed by atoms with Crippen LogP contribution in [0.5, 0.6) is 0 Å². The second-order valence-corrected chi connectivity index (χ2v) is 6.03. The maximum atomic E-state index is 12.3. The van der Waals surface area contributed by atoms with Gasteiger partial charge in [-0.1, -0.05) is 23.8 Å². The minimum atomic E-state index is -0.318. The number of nitrogens with one attached hydrogen (secondary N) is 1. The number of ether oxygens (including phenoxy) is 1. The number of fused-ring (bicyclic) bond motifs is 1. The molecule has 1 saturated carbocycles. The summed E-state index contributed by atoms with van der Waals surface area (Å²) in [6.45, 7) is 2.32. The van der Waals surface area contributed by atoms with Crippen molar-refractivity contribution < 1.29 is 9.53 Å². The van der Waals surface area contributed by atoms with Gasteiger partial charge in [0.2, 0.25) is 0 Å². The van der Waals surface area contributed by atoms with Crippen molar-refractivity contribution >= 4 is 40.7 Å². The van der Waals surface area contributed by atoms with Crippen LogP contribution in [0.4, 0.5) is 0 Å². The summed E-state index contributed by atoms with van der Waals surface area (Å²) < 4.78 is 5.95. The molecule has 0 radical (unpaired) electrons. The smallest absolute Gasteiger partial charge is 0.339 e. The predicted molar refractivity (Wildman–Crippen MR) is 81.9 cm³/mol. The van der Waals surface area contributed by atoms with Crippen molar-refractivity contribution in [2.24, 2.45) is 5.92 Å². The molecule has 1 aromatic carbocycles. The van der Waals surface area contributed by atoms with Crippen molar-refractivity contribution in [1.82, 2.24) is 4.98 Å². The van der Waals surface area contributed by atoms with Crippen LogP contribution in [0.15, 0.2) is 18.2 Å². The quantitative estimate of drug-likeness (QED) is 0.674. The fraction of sp³-hybridized carbons (Fsp3) is 0.333. The molecule has 1 aromatic heterocycles. The van der Waals surface area contributed by atoms with Gasteiger partial charge in [-0.25, -0.2) is 4.79 Å². The second kappa shape index (κ2) is 5.19. The van der Waals surface area contributed by atoms with E-state index in [1.54, 1.807) is 12.1 Å². The highest BCUT2D eigenvalue weighted by atomic mass is 35.5. The molecule has 1 N–H and O–H groups in total. The van der Waals surface area contributed by atoms with E-state index in [2.05, 4.69) is 4.98 Å². The average molecular weight is 308 g/mol. The van der Waals surface area contributed by atoms with Gasteiger partial charge in [0.1, 0.15) is 4.64 Å². The molecule has 0 spiro atoms.